The molecule has 5 aromatic rings. The first-order chi connectivity index (χ1) is 15.9. The molecule has 0 saturated carbocycles. The SMILES string of the molecule is O=C(c1cnn2ccccc12)N1CCc2[nH]cnc2[C@@H]1c1cc2c(C(F)(F)F)cccn2n1. The number of hydrogen-bond acceptors (Lipinski definition) is 4. The lowest BCUT2D eigenvalue weighted by molar-refractivity contribution is -0.136. The molecule has 1 amide bonds. The molecule has 6 heterocycles. The monoisotopic (exact) mass is 451 g/mol. The molecule has 33 heavy (non-hydrogen) atoms. The zero-order valence-electron chi connectivity index (χ0n) is 17.0. The van der Waals surface area contributed by atoms with E-state index in [4.69, 9.17) is 0 Å². The van der Waals surface area contributed by atoms with E-state index in [0.717, 1.165) is 11.8 Å². The third-order valence-electron chi connectivity index (χ3n) is 5.95. The number of rotatable bonds is 2. The Balaban J connectivity index is 1.50. The summed E-state index contributed by atoms with van der Waals surface area (Å²) in [5.74, 6) is -0.289. The van der Waals surface area contributed by atoms with Gasteiger partial charge in [0.15, 0.2) is 0 Å². The van der Waals surface area contributed by atoms with Crippen LogP contribution in [-0.2, 0) is 12.6 Å². The number of pyridine rings is 2. The maximum atomic E-state index is 13.7. The number of imidazole rings is 1. The number of amides is 1. The third-order valence-corrected chi connectivity index (χ3v) is 5.95. The number of aromatic nitrogens is 6. The fourth-order valence-electron chi connectivity index (χ4n) is 4.46. The van der Waals surface area contributed by atoms with Crippen LogP contribution < -0.4 is 0 Å². The highest BCUT2D eigenvalue weighted by atomic mass is 19.4. The minimum Gasteiger partial charge on any atom is -0.348 e. The molecular formula is C22H16F3N7O. The van der Waals surface area contributed by atoms with Crippen LogP contribution in [0.2, 0.25) is 0 Å². The fraction of sp³-hybridized carbons (Fsp3) is 0.182. The van der Waals surface area contributed by atoms with Gasteiger partial charge in [-0.15, -0.1) is 0 Å². The Labute approximate surface area is 184 Å². The fourth-order valence-corrected chi connectivity index (χ4v) is 4.46. The van der Waals surface area contributed by atoms with Gasteiger partial charge in [-0.25, -0.2) is 14.0 Å². The van der Waals surface area contributed by atoms with E-state index in [9.17, 15) is 18.0 Å². The third kappa shape index (κ3) is 2.99. The van der Waals surface area contributed by atoms with Crippen molar-refractivity contribution in [3.05, 3.63) is 89.5 Å². The minimum absolute atomic E-state index is 0.0777. The van der Waals surface area contributed by atoms with Gasteiger partial charge in [0, 0.05) is 31.1 Å². The summed E-state index contributed by atoms with van der Waals surface area (Å²) in [4.78, 5) is 22.7. The second-order valence-corrected chi connectivity index (χ2v) is 7.82. The smallest absolute Gasteiger partial charge is 0.348 e. The van der Waals surface area contributed by atoms with E-state index in [2.05, 4.69) is 20.2 Å². The summed E-state index contributed by atoms with van der Waals surface area (Å²) >= 11 is 0. The van der Waals surface area contributed by atoms with Crippen molar-refractivity contribution in [1.29, 1.82) is 0 Å². The summed E-state index contributed by atoms with van der Waals surface area (Å²) in [6.45, 7) is 0.350. The van der Waals surface area contributed by atoms with Gasteiger partial charge < -0.3 is 9.88 Å². The number of hydrogen-bond donors (Lipinski definition) is 1. The molecule has 0 unspecified atom stereocenters. The number of H-pyrrole nitrogens is 1. The van der Waals surface area contributed by atoms with Crippen LogP contribution >= 0.6 is 0 Å². The van der Waals surface area contributed by atoms with Crippen molar-refractivity contribution in [2.75, 3.05) is 6.54 Å². The summed E-state index contributed by atoms with van der Waals surface area (Å²) < 4.78 is 43.5. The first kappa shape index (κ1) is 19.5. The predicted molar refractivity (Wildman–Crippen MR) is 111 cm³/mol. The van der Waals surface area contributed by atoms with Crippen molar-refractivity contribution >= 4 is 16.9 Å². The molecule has 0 spiro atoms. The van der Waals surface area contributed by atoms with Crippen molar-refractivity contribution in [3.8, 4) is 0 Å². The van der Waals surface area contributed by atoms with Crippen LogP contribution in [0.5, 0.6) is 0 Å². The van der Waals surface area contributed by atoms with Gasteiger partial charge in [-0.3, -0.25) is 4.79 Å². The summed E-state index contributed by atoms with van der Waals surface area (Å²) in [7, 11) is 0. The Kier molecular flexibility index (Phi) is 4.10. The summed E-state index contributed by atoms with van der Waals surface area (Å²) in [6, 6.07) is 8.37. The molecule has 0 radical (unpaired) electrons. The quantitative estimate of drug-likeness (QED) is 0.445. The molecule has 8 nitrogen and oxygen atoms in total. The average Bonchev–Trinajstić information content (AvgIpc) is 3.54. The molecule has 6 rings (SSSR count). The number of alkyl halides is 3. The van der Waals surface area contributed by atoms with Crippen LogP contribution in [0.1, 0.15) is 39.0 Å². The van der Waals surface area contributed by atoms with Gasteiger partial charge in [0.05, 0.1) is 46.1 Å². The standard InChI is InChI=1S/C22H16F3N7O/c23-22(24,25)14-4-3-8-32-18(14)10-16(29-32)20-19-15(26-12-27-19)6-9-30(20)21(33)13-11-28-31-7-2-1-5-17(13)31/h1-5,7-8,10-12,20H,6,9H2,(H,26,27)/t20-/m0/s1. The first-order valence-electron chi connectivity index (χ1n) is 10.2. The van der Waals surface area contributed by atoms with Gasteiger partial charge in [0.25, 0.3) is 5.91 Å². The van der Waals surface area contributed by atoms with Crippen molar-refractivity contribution in [1.82, 2.24) is 34.1 Å². The van der Waals surface area contributed by atoms with Crippen LogP contribution in [0.3, 0.4) is 0 Å². The Morgan fingerprint density at radius 1 is 1.09 bits per heavy atom. The van der Waals surface area contributed by atoms with E-state index >= 15 is 0 Å². The number of carbonyl (C=O) groups is 1. The summed E-state index contributed by atoms with van der Waals surface area (Å²) in [5, 5.41) is 8.66. The van der Waals surface area contributed by atoms with E-state index < -0.39 is 17.8 Å². The van der Waals surface area contributed by atoms with Crippen LogP contribution in [0.4, 0.5) is 13.2 Å². The zero-order valence-corrected chi connectivity index (χ0v) is 17.0. The van der Waals surface area contributed by atoms with E-state index in [1.165, 1.54) is 35.4 Å². The highest BCUT2D eigenvalue weighted by Gasteiger charge is 2.38. The lowest BCUT2D eigenvalue weighted by atomic mass is 9.98. The molecule has 0 aromatic carbocycles. The van der Waals surface area contributed by atoms with Crippen molar-refractivity contribution < 1.29 is 18.0 Å². The molecule has 0 saturated heterocycles. The zero-order chi connectivity index (χ0) is 22.7. The molecule has 11 heteroatoms. The summed E-state index contributed by atoms with van der Waals surface area (Å²) in [6.07, 6.45) is 2.23. The van der Waals surface area contributed by atoms with E-state index in [-0.39, 0.29) is 11.4 Å². The van der Waals surface area contributed by atoms with Gasteiger partial charge in [-0.1, -0.05) is 6.07 Å². The van der Waals surface area contributed by atoms with Gasteiger partial charge in [0.2, 0.25) is 0 Å². The number of nitrogens with zero attached hydrogens (tertiary/aromatic N) is 6. The minimum atomic E-state index is -4.53. The predicted octanol–water partition coefficient (Wildman–Crippen LogP) is 3.51. The molecular weight excluding hydrogens is 435 g/mol. The average molecular weight is 451 g/mol. The molecule has 1 aliphatic heterocycles. The molecule has 1 aliphatic rings. The second-order valence-electron chi connectivity index (χ2n) is 7.82. The van der Waals surface area contributed by atoms with E-state index in [0.29, 0.717) is 35.4 Å². The van der Waals surface area contributed by atoms with Crippen LogP contribution in [0.25, 0.3) is 11.0 Å². The Morgan fingerprint density at radius 3 is 2.79 bits per heavy atom. The second kappa shape index (κ2) is 6.92. The number of fused-ring (bicyclic) bond motifs is 3. The maximum absolute atomic E-state index is 13.7. The van der Waals surface area contributed by atoms with Crippen molar-refractivity contribution in [2.45, 2.75) is 18.6 Å². The van der Waals surface area contributed by atoms with Gasteiger partial charge in [-0.2, -0.15) is 23.4 Å². The number of halogens is 3. The van der Waals surface area contributed by atoms with Gasteiger partial charge >= 0.3 is 6.18 Å². The highest BCUT2D eigenvalue weighted by Crippen LogP contribution is 2.37. The first-order valence-corrected chi connectivity index (χ1v) is 10.2. The van der Waals surface area contributed by atoms with Gasteiger partial charge in [0.1, 0.15) is 6.04 Å². The lowest BCUT2D eigenvalue weighted by Crippen LogP contribution is -2.41. The van der Waals surface area contributed by atoms with Crippen molar-refractivity contribution in [2.24, 2.45) is 0 Å². The van der Waals surface area contributed by atoms with Crippen molar-refractivity contribution in [3.63, 3.8) is 0 Å². The number of aromatic amines is 1. The lowest BCUT2D eigenvalue weighted by Gasteiger charge is -2.33. The highest BCUT2D eigenvalue weighted by molar-refractivity contribution is 6.01. The topological polar surface area (TPSA) is 83.6 Å². The van der Waals surface area contributed by atoms with Crippen LogP contribution in [-0.4, -0.2) is 46.5 Å². The molecule has 5 aromatic heterocycles. The molecule has 0 fully saturated rings. The van der Waals surface area contributed by atoms with E-state index in [1.54, 1.807) is 21.7 Å². The van der Waals surface area contributed by atoms with Crippen LogP contribution in [0.15, 0.2) is 61.3 Å². The number of nitrogens with one attached hydrogen (secondary N) is 1. The summed E-state index contributed by atoms with van der Waals surface area (Å²) in [5.41, 5.74) is 1.89. The molecule has 1 atom stereocenters. The molecule has 166 valence electrons. The number of carbonyl (C=O) groups excluding carboxylic acids is 1. The normalized spacial score (nSPS) is 16.5. The molecule has 0 bridgehead atoms. The molecule has 0 aliphatic carbocycles. The van der Waals surface area contributed by atoms with Crippen LogP contribution in [0, 0.1) is 0 Å². The largest absolute Gasteiger partial charge is 0.418 e. The Bertz CT molecular complexity index is 1510. The Morgan fingerprint density at radius 2 is 1.94 bits per heavy atom. The van der Waals surface area contributed by atoms with E-state index in [1.807, 2.05) is 12.1 Å². The maximum Gasteiger partial charge on any atom is 0.418 e. The van der Waals surface area contributed by atoms with Gasteiger partial charge in [-0.05, 0) is 30.3 Å². The molecule has 1 N–H and O–H groups in total. The Hall–Kier alpha value is -4.15.